The molecule has 1 aliphatic rings. The lowest BCUT2D eigenvalue weighted by atomic mass is 10.6. The fourth-order valence-electron chi connectivity index (χ4n) is 0.438. The van der Waals surface area contributed by atoms with E-state index in [1.54, 1.807) is 11.8 Å². The predicted octanol–water partition coefficient (Wildman–Crippen LogP) is 1.66. The second kappa shape index (κ2) is 1.62. The number of rotatable bonds is 0. The first-order valence-corrected chi connectivity index (χ1v) is 2.96. The lowest BCUT2D eigenvalue weighted by molar-refractivity contribution is 1.07. The van der Waals surface area contributed by atoms with Crippen molar-refractivity contribution in [2.24, 2.45) is 0 Å². The van der Waals surface area contributed by atoms with Crippen molar-refractivity contribution in [3.63, 3.8) is 0 Å². The average molecular weight is 113 g/mol. The summed E-state index contributed by atoms with van der Waals surface area (Å²) in [5.41, 5.74) is 1.19. The van der Waals surface area contributed by atoms with Crippen LogP contribution in [0.1, 0.15) is 6.92 Å². The Morgan fingerprint density at radius 1 is 1.86 bits per heavy atom. The molecule has 1 nitrogen and oxygen atoms in total. The van der Waals surface area contributed by atoms with Crippen LogP contribution in [0.25, 0.3) is 0 Å². The van der Waals surface area contributed by atoms with Crippen LogP contribution in [0.15, 0.2) is 22.7 Å². The van der Waals surface area contributed by atoms with Crippen molar-refractivity contribution in [1.82, 2.24) is 5.32 Å². The second-order valence-corrected chi connectivity index (χ2v) is 2.43. The highest BCUT2D eigenvalue weighted by Gasteiger charge is 1.99. The summed E-state index contributed by atoms with van der Waals surface area (Å²) in [6, 6.07) is 0. The minimum Gasteiger partial charge on any atom is -0.354 e. The Kier molecular flexibility index (Phi) is 1.11. The number of hydrogen-bond acceptors (Lipinski definition) is 2. The molecule has 2 heteroatoms. The van der Waals surface area contributed by atoms with E-state index in [1.807, 2.05) is 12.3 Å². The van der Waals surface area contributed by atoms with Gasteiger partial charge in [0, 0.05) is 5.70 Å². The molecule has 0 amide bonds. The van der Waals surface area contributed by atoms with Gasteiger partial charge in [0.1, 0.15) is 0 Å². The van der Waals surface area contributed by atoms with Crippen LogP contribution in [0.2, 0.25) is 0 Å². The Morgan fingerprint density at radius 2 is 2.57 bits per heavy atom. The summed E-state index contributed by atoms with van der Waals surface area (Å²) in [6.07, 6.45) is 0. The Hall–Kier alpha value is -0.370. The van der Waals surface area contributed by atoms with Gasteiger partial charge in [-0.2, -0.15) is 0 Å². The molecule has 7 heavy (non-hydrogen) atoms. The van der Waals surface area contributed by atoms with Crippen molar-refractivity contribution in [3.05, 3.63) is 22.7 Å². The summed E-state index contributed by atoms with van der Waals surface area (Å²) in [5, 5.41) is 6.12. The van der Waals surface area contributed by atoms with Gasteiger partial charge in [-0.1, -0.05) is 18.3 Å². The molecule has 0 bridgehead atoms. The van der Waals surface area contributed by atoms with E-state index in [0.29, 0.717) is 0 Å². The van der Waals surface area contributed by atoms with Crippen LogP contribution in [-0.4, -0.2) is 0 Å². The van der Waals surface area contributed by atoms with Gasteiger partial charge in [0.15, 0.2) is 0 Å². The molecule has 0 atom stereocenters. The molecule has 0 aromatic rings. The highest BCUT2D eigenvalue weighted by atomic mass is 32.2. The summed E-state index contributed by atoms with van der Waals surface area (Å²) >= 11 is 1.64. The summed E-state index contributed by atoms with van der Waals surface area (Å²) in [6.45, 7) is 5.72. The summed E-state index contributed by atoms with van der Waals surface area (Å²) in [5.74, 6) is 0. The van der Waals surface area contributed by atoms with Crippen LogP contribution in [-0.2, 0) is 0 Å². The van der Waals surface area contributed by atoms with E-state index in [1.165, 1.54) is 5.70 Å². The highest BCUT2D eigenvalue weighted by molar-refractivity contribution is 8.06. The van der Waals surface area contributed by atoms with Crippen LogP contribution < -0.4 is 5.32 Å². The van der Waals surface area contributed by atoms with E-state index < -0.39 is 0 Å². The second-order valence-electron chi connectivity index (χ2n) is 1.47. The van der Waals surface area contributed by atoms with Crippen LogP contribution in [0, 0.1) is 0 Å². The van der Waals surface area contributed by atoms with Crippen molar-refractivity contribution < 1.29 is 0 Å². The van der Waals surface area contributed by atoms with Crippen molar-refractivity contribution >= 4 is 11.8 Å². The van der Waals surface area contributed by atoms with Crippen molar-refractivity contribution in [2.75, 3.05) is 0 Å². The minimum atomic E-state index is 1.03. The molecule has 0 saturated heterocycles. The third-order valence-electron chi connectivity index (χ3n) is 0.715. The van der Waals surface area contributed by atoms with Gasteiger partial charge in [0.2, 0.25) is 0 Å². The molecule has 1 rings (SSSR count). The fourth-order valence-corrected chi connectivity index (χ4v) is 1.04. The standard InChI is InChI=1S/C5H7NS/c1-4-3-7-5(2)6-4/h3,6H,2H2,1H3. The average Bonchev–Trinajstić information content (AvgIpc) is 1.87. The van der Waals surface area contributed by atoms with E-state index in [4.69, 9.17) is 0 Å². The first-order chi connectivity index (χ1) is 3.29. The monoisotopic (exact) mass is 113 g/mol. The summed E-state index contributed by atoms with van der Waals surface area (Å²) in [4.78, 5) is 0. The molecule has 1 aliphatic heterocycles. The maximum absolute atomic E-state index is 3.70. The Morgan fingerprint density at radius 3 is 2.71 bits per heavy atom. The molecule has 1 heterocycles. The number of hydrogen-bond donors (Lipinski definition) is 1. The van der Waals surface area contributed by atoms with Crippen molar-refractivity contribution in [3.8, 4) is 0 Å². The number of allylic oxidation sites excluding steroid dienone is 1. The zero-order valence-electron chi connectivity index (χ0n) is 4.19. The maximum Gasteiger partial charge on any atom is 0.0693 e. The zero-order chi connectivity index (χ0) is 5.28. The Bertz CT molecular complexity index is 126. The predicted molar refractivity (Wildman–Crippen MR) is 33.6 cm³/mol. The summed E-state index contributed by atoms with van der Waals surface area (Å²) in [7, 11) is 0. The van der Waals surface area contributed by atoms with Gasteiger partial charge >= 0.3 is 0 Å². The molecule has 0 fully saturated rings. The van der Waals surface area contributed by atoms with E-state index in [2.05, 4.69) is 11.9 Å². The molecule has 0 unspecified atom stereocenters. The molecule has 0 aromatic heterocycles. The minimum absolute atomic E-state index is 1.03. The van der Waals surface area contributed by atoms with Crippen LogP contribution >= 0.6 is 11.8 Å². The van der Waals surface area contributed by atoms with Crippen LogP contribution in [0.5, 0.6) is 0 Å². The topological polar surface area (TPSA) is 12.0 Å². The molecular formula is C5H7NS. The van der Waals surface area contributed by atoms with E-state index in [9.17, 15) is 0 Å². The highest BCUT2D eigenvalue weighted by Crippen LogP contribution is 2.20. The molecule has 38 valence electrons. The lowest BCUT2D eigenvalue weighted by Gasteiger charge is -1.92. The van der Waals surface area contributed by atoms with Crippen molar-refractivity contribution in [2.45, 2.75) is 6.92 Å². The van der Waals surface area contributed by atoms with E-state index in [0.717, 1.165) is 5.03 Å². The normalized spacial score (nSPS) is 19.0. The number of nitrogens with one attached hydrogen (secondary N) is 1. The Labute approximate surface area is 47.5 Å². The summed E-state index contributed by atoms with van der Waals surface area (Å²) < 4.78 is 0. The molecule has 0 saturated carbocycles. The smallest absolute Gasteiger partial charge is 0.0693 e. The van der Waals surface area contributed by atoms with Gasteiger partial charge in [-0.15, -0.1) is 0 Å². The third kappa shape index (κ3) is 0.996. The van der Waals surface area contributed by atoms with Crippen LogP contribution in [0.4, 0.5) is 0 Å². The van der Waals surface area contributed by atoms with Crippen LogP contribution in [0.3, 0.4) is 0 Å². The van der Waals surface area contributed by atoms with Gasteiger partial charge < -0.3 is 5.32 Å². The molecule has 0 radical (unpaired) electrons. The van der Waals surface area contributed by atoms with E-state index in [-0.39, 0.29) is 0 Å². The van der Waals surface area contributed by atoms with E-state index >= 15 is 0 Å². The first kappa shape index (κ1) is 4.78. The SMILES string of the molecule is C=C1NC(C)=CS1. The molecular weight excluding hydrogens is 106 g/mol. The maximum atomic E-state index is 3.70. The molecule has 0 aromatic carbocycles. The van der Waals surface area contributed by atoms with Gasteiger partial charge in [0.05, 0.1) is 5.03 Å². The third-order valence-corrected chi connectivity index (χ3v) is 1.57. The lowest BCUT2D eigenvalue weighted by Crippen LogP contribution is -1.98. The Balaban J connectivity index is 2.58. The van der Waals surface area contributed by atoms with Gasteiger partial charge in [0.25, 0.3) is 0 Å². The first-order valence-electron chi connectivity index (χ1n) is 2.08. The molecule has 0 spiro atoms. The molecule has 1 N–H and O–H groups in total. The van der Waals surface area contributed by atoms with Gasteiger partial charge in [-0.3, -0.25) is 0 Å². The zero-order valence-corrected chi connectivity index (χ0v) is 5.01. The largest absolute Gasteiger partial charge is 0.354 e. The van der Waals surface area contributed by atoms with Gasteiger partial charge in [-0.05, 0) is 12.3 Å². The van der Waals surface area contributed by atoms with Gasteiger partial charge in [-0.25, -0.2) is 0 Å². The number of thioether (sulfide) groups is 1. The fraction of sp³-hybridized carbons (Fsp3) is 0.200. The van der Waals surface area contributed by atoms with Crippen molar-refractivity contribution in [1.29, 1.82) is 0 Å². The molecule has 0 aliphatic carbocycles. The quantitative estimate of drug-likeness (QED) is 0.512.